The van der Waals surface area contributed by atoms with Crippen LogP contribution < -0.4 is 4.74 Å². The second kappa shape index (κ2) is 16.5. The van der Waals surface area contributed by atoms with Gasteiger partial charge in [0.25, 0.3) is 0 Å². The van der Waals surface area contributed by atoms with Crippen molar-refractivity contribution < 1.29 is 28.1 Å². The molecule has 3 aliphatic rings. The molecule has 0 N–H and O–H groups in total. The van der Waals surface area contributed by atoms with Crippen LogP contribution in [0.1, 0.15) is 78.6 Å². The third-order valence-electron chi connectivity index (χ3n) is 9.39. The molecule has 0 radical (unpaired) electrons. The van der Waals surface area contributed by atoms with Crippen LogP contribution in [0.3, 0.4) is 0 Å². The molecule has 2 aliphatic heterocycles. The minimum Gasteiger partial charge on any atom is -0.493 e. The van der Waals surface area contributed by atoms with E-state index >= 15 is 0 Å². The van der Waals surface area contributed by atoms with Crippen LogP contribution in [-0.2, 0) is 23.4 Å². The van der Waals surface area contributed by atoms with Crippen LogP contribution in [0.5, 0.6) is 5.75 Å². The fraction of sp³-hybridized carbons (Fsp3) is 0.714. The molecule has 7 atom stereocenters. The Hall–Kier alpha value is -1.09. The maximum absolute atomic E-state index is 7.20. The van der Waals surface area contributed by atoms with Gasteiger partial charge in [-0.1, -0.05) is 67.5 Å². The van der Waals surface area contributed by atoms with E-state index in [1.54, 1.807) is 0 Å². The largest absolute Gasteiger partial charge is 0.493 e. The van der Waals surface area contributed by atoms with Gasteiger partial charge in [0, 0.05) is 25.4 Å². The summed E-state index contributed by atoms with van der Waals surface area (Å²) in [5.41, 5.74) is 0. The first kappa shape index (κ1) is 34.8. The van der Waals surface area contributed by atoms with Gasteiger partial charge in [-0.15, -0.1) is 6.42 Å². The van der Waals surface area contributed by atoms with Crippen molar-refractivity contribution in [1.82, 2.24) is 0 Å². The fourth-order valence-corrected chi connectivity index (χ4v) is 7.98. The van der Waals surface area contributed by atoms with Gasteiger partial charge in [0.2, 0.25) is 0 Å². The highest BCUT2D eigenvalue weighted by atomic mass is 127. The molecule has 43 heavy (non-hydrogen) atoms. The van der Waals surface area contributed by atoms with Crippen molar-refractivity contribution in [3.05, 3.63) is 42.2 Å². The van der Waals surface area contributed by atoms with Crippen LogP contribution in [0.2, 0.25) is 18.1 Å². The first-order valence-electron chi connectivity index (χ1n) is 16.3. The van der Waals surface area contributed by atoms with E-state index in [-0.39, 0.29) is 45.6 Å². The van der Waals surface area contributed by atoms with Crippen molar-refractivity contribution in [3.63, 3.8) is 0 Å². The summed E-state index contributed by atoms with van der Waals surface area (Å²) in [6.07, 6.45) is 16.2. The molecule has 2 saturated heterocycles. The van der Waals surface area contributed by atoms with E-state index in [2.05, 4.69) is 68.5 Å². The van der Waals surface area contributed by atoms with Crippen LogP contribution in [0.4, 0.5) is 0 Å². The van der Waals surface area contributed by atoms with Crippen molar-refractivity contribution in [2.75, 3.05) is 19.8 Å². The summed E-state index contributed by atoms with van der Waals surface area (Å²) in [5, 5.41) is 0.0915. The third-order valence-corrected chi connectivity index (χ3v) is 14.8. The number of alkyl halides is 1. The van der Waals surface area contributed by atoms with Crippen LogP contribution >= 0.6 is 22.6 Å². The third kappa shape index (κ3) is 10.2. The Morgan fingerprint density at radius 1 is 1.05 bits per heavy atom. The molecule has 2 heterocycles. The summed E-state index contributed by atoms with van der Waals surface area (Å²) < 4.78 is 39.2. The van der Waals surface area contributed by atoms with E-state index in [4.69, 9.17) is 34.5 Å². The second-order valence-electron chi connectivity index (χ2n) is 13.7. The van der Waals surface area contributed by atoms with Crippen LogP contribution in [0, 0.1) is 24.2 Å². The van der Waals surface area contributed by atoms with Crippen LogP contribution in [0.15, 0.2) is 42.2 Å². The first-order chi connectivity index (χ1) is 20.6. The monoisotopic (exact) mass is 724 g/mol. The molecule has 240 valence electrons. The summed E-state index contributed by atoms with van der Waals surface area (Å²) in [7, 11) is -2.08. The molecule has 0 amide bonds. The number of benzene rings is 1. The minimum absolute atomic E-state index is 0.0185. The molecule has 1 saturated carbocycles. The second-order valence-corrected chi connectivity index (χ2v) is 19.9. The van der Waals surface area contributed by atoms with Gasteiger partial charge >= 0.3 is 0 Å². The van der Waals surface area contributed by atoms with Gasteiger partial charge in [0.1, 0.15) is 11.5 Å². The van der Waals surface area contributed by atoms with Crippen molar-refractivity contribution in [2.24, 2.45) is 11.8 Å². The van der Waals surface area contributed by atoms with Crippen molar-refractivity contribution in [3.8, 4) is 18.1 Å². The number of halogens is 1. The van der Waals surface area contributed by atoms with Gasteiger partial charge in [-0.2, -0.15) is 0 Å². The Bertz CT molecular complexity index is 1040. The highest BCUT2D eigenvalue weighted by molar-refractivity contribution is 14.1. The maximum atomic E-state index is 7.20. The van der Waals surface area contributed by atoms with E-state index in [9.17, 15) is 0 Å². The molecule has 1 aromatic rings. The van der Waals surface area contributed by atoms with Gasteiger partial charge in [-0.25, -0.2) is 0 Å². The quantitative estimate of drug-likeness (QED) is 0.0507. The molecular weight excluding hydrogens is 671 g/mol. The standard InChI is InChI=1S/C35H53IO6Si/c1-7-26(36)24-28-30(42-43(5,6)35(2,3)4)25-31(41-33-20-12-14-22-39-33)34(28)29(40-32-19-11-13-21-38-32)18-15-23-37-27-16-9-8-10-17-27/h1,8-10,16-18,26,28,30-34H,11-15,19-25H2,2-6H3/t26-,28-,30-,31+,32?,33?,34-/m1/s1. The number of para-hydroxylation sites is 1. The number of terminal acetylenes is 1. The molecule has 0 bridgehead atoms. The van der Waals surface area contributed by atoms with E-state index in [0.717, 1.165) is 76.1 Å². The Labute approximate surface area is 275 Å². The fourth-order valence-electron chi connectivity index (χ4n) is 6.01. The molecule has 8 heteroatoms. The summed E-state index contributed by atoms with van der Waals surface area (Å²) in [4.78, 5) is 0. The lowest BCUT2D eigenvalue weighted by Crippen LogP contribution is -2.45. The van der Waals surface area contributed by atoms with Crippen molar-refractivity contribution in [2.45, 2.75) is 125 Å². The lowest BCUT2D eigenvalue weighted by Gasteiger charge is -2.40. The topological polar surface area (TPSA) is 55.4 Å². The number of hydrogen-bond acceptors (Lipinski definition) is 6. The van der Waals surface area contributed by atoms with E-state index in [0.29, 0.717) is 13.0 Å². The zero-order chi connectivity index (χ0) is 30.9. The normalized spacial score (nSPS) is 29.6. The van der Waals surface area contributed by atoms with Crippen molar-refractivity contribution in [1.29, 1.82) is 0 Å². The van der Waals surface area contributed by atoms with E-state index < -0.39 is 8.32 Å². The van der Waals surface area contributed by atoms with Gasteiger partial charge < -0.3 is 28.1 Å². The number of ether oxygens (including phenoxy) is 5. The average molecular weight is 725 g/mol. The predicted molar refractivity (Wildman–Crippen MR) is 183 cm³/mol. The van der Waals surface area contributed by atoms with Crippen molar-refractivity contribution >= 4 is 30.9 Å². The molecule has 6 nitrogen and oxygen atoms in total. The Morgan fingerprint density at radius 3 is 2.33 bits per heavy atom. The molecule has 4 rings (SSSR count). The Balaban J connectivity index is 1.66. The summed E-state index contributed by atoms with van der Waals surface area (Å²) in [6.45, 7) is 13.6. The first-order valence-corrected chi connectivity index (χ1v) is 20.4. The number of hydrogen-bond donors (Lipinski definition) is 0. The average Bonchev–Trinajstić information content (AvgIpc) is 3.30. The maximum Gasteiger partial charge on any atom is 0.199 e. The molecule has 1 aliphatic carbocycles. The lowest BCUT2D eigenvalue weighted by molar-refractivity contribution is -0.201. The van der Waals surface area contributed by atoms with E-state index in [1.165, 1.54) is 0 Å². The molecule has 2 unspecified atom stereocenters. The molecule has 3 fully saturated rings. The molecular formula is C35H53IO6Si. The summed E-state index contributed by atoms with van der Waals surface area (Å²) in [5.74, 6) is 4.90. The van der Waals surface area contributed by atoms with Gasteiger partial charge in [-0.3, -0.25) is 0 Å². The summed E-state index contributed by atoms with van der Waals surface area (Å²) in [6, 6.07) is 9.96. The smallest absolute Gasteiger partial charge is 0.199 e. The highest BCUT2D eigenvalue weighted by Crippen LogP contribution is 2.49. The Morgan fingerprint density at radius 2 is 1.72 bits per heavy atom. The van der Waals surface area contributed by atoms with Gasteiger partial charge in [0.15, 0.2) is 20.9 Å². The molecule has 0 spiro atoms. The van der Waals surface area contributed by atoms with Crippen LogP contribution in [0.25, 0.3) is 0 Å². The lowest BCUT2D eigenvalue weighted by atomic mass is 9.87. The van der Waals surface area contributed by atoms with Crippen LogP contribution in [-0.4, -0.2) is 56.9 Å². The minimum atomic E-state index is -2.08. The molecule has 1 aromatic carbocycles. The summed E-state index contributed by atoms with van der Waals surface area (Å²) >= 11 is 2.40. The zero-order valence-electron chi connectivity index (χ0n) is 26.9. The highest BCUT2D eigenvalue weighted by Gasteiger charge is 2.52. The predicted octanol–water partition coefficient (Wildman–Crippen LogP) is 8.65. The SMILES string of the molecule is C#C[C@@H](I)C[C@H]1[C@H](C(=CCCOc2ccccc2)OC2CCCCO2)[C@@H](OC2CCCCO2)C[C@H]1O[Si](C)(C)C(C)(C)C. The Kier molecular flexibility index (Phi) is 13.3. The van der Waals surface area contributed by atoms with Gasteiger partial charge in [-0.05, 0) is 87.2 Å². The zero-order valence-corrected chi connectivity index (χ0v) is 30.1. The molecule has 0 aromatic heterocycles. The number of rotatable bonds is 13. The van der Waals surface area contributed by atoms with E-state index in [1.807, 2.05) is 30.3 Å². The van der Waals surface area contributed by atoms with Gasteiger partial charge in [0.05, 0.1) is 29.3 Å².